The molecule has 0 unspecified atom stereocenters. The fraction of sp³-hybridized carbons (Fsp3) is 0.267. The SMILES string of the molecule is Cc1ccc(N=C(NO)c2nonc2NCC2=CN(S(N)(=O)=O)CC2)cc1Br. The summed E-state index contributed by atoms with van der Waals surface area (Å²) in [6, 6.07) is 5.45. The number of amidine groups is 1. The minimum atomic E-state index is -3.76. The third-order valence-corrected chi connectivity index (χ3v) is 5.80. The van der Waals surface area contributed by atoms with Crippen LogP contribution >= 0.6 is 15.9 Å². The van der Waals surface area contributed by atoms with E-state index in [0.29, 0.717) is 18.7 Å². The van der Waals surface area contributed by atoms with E-state index in [0.717, 1.165) is 19.9 Å². The number of anilines is 1. The van der Waals surface area contributed by atoms with Gasteiger partial charge in [-0.05, 0) is 46.9 Å². The van der Waals surface area contributed by atoms with Gasteiger partial charge in [0.2, 0.25) is 5.82 Å². The van der Waals surface area contributed by atoms with Crippen molar-refractivity contribution in [2.24, 2.45) is 10.1 Å². The van der Waals surface area contributed by atoms with Gasteiger partial charge in [-0.2, -0.15) is 8.42 Å². The molecule has 3 rings (SSSR count). The first-order valence-corrected chi connectivity index (χ1v) is 10.4. The van der Waals surface area contributed by atoms with Gasteiger partial charge in [0.25, 0.3) is 10.2 Å². The quantitative estimate of drug-likeness (QED) is 0.279. The highest BCUT2D eigenvalue weighted by molar-refractivity contribution is 9.10. The molecule has 1 aliphatic rings. The number of hydrogen-bond acceptors (Lipinski definition) is 8. The van der Waals surface area contributed by atoms with Gasteiger partial charge in [0, 0.05) is 23.8 Å². The molecule has 28 heavy (non-hydrogen) atoms. The van der Waals surface area contributed by atoms with E-state index in [9.17, 15) is 13.6 Å². The Labute approximate surface area is 169 Å². The molecule has 5 N–H and O–H groups in total. The van der Waals surface area contributed by atoms with Crippen molar-refractivity contribution in [3.63, 3.8) is 0 Å². The van der Waals surface area contributed by atoms with Crippen molar-refractivity contribution in [3.05, 3.63) is 45.7 Å². The number of aryl methyl sites for hydroxylation is 1. The zero-order valence-electron chi connectivity index (χ0n) is 14.8. The predicted octanol–water partition coefficient (Wildman–Crippen LogP) is 1.40. The molecule has 11 nitrogen and oxygen atoms in total. The number of hydrogen-bond donors (Lipinski definition) is 4. The van der Waals surface area contributed by atoms with Gasteiger partial charge in [0.1, 0.15) is 0 Å². The van der Waals surface area contributed by atoms with Crippen LogP contribution < -0.4 is 15.9 Å². The highest BCUT2D eigenvalue weighted by Gasteiger charge is 2.22. The van der Waals surface area contributed by atoms with E-state index >= 15 is 0 Å². The summed E-state index contributed by atoms with van der Waals surface area (Å²) in [4.78, 5) is 4.31. The van der Waals surface area contributed by atoms with Crippen LogP contribution in [0.3, 0.4) is 0 Å². The number of aliphatic imine (C=N–C) groups is 1. The summed E-state index contributed by atoms with van der Waals surface area (Å²) >= 11 is 3.43. The Morgan fingerprint density at radius 1 is 1.46 bits per heavy atom. The molecule has 2 aromatic rings. The number of halogens is 1. The van der Waals surface area contributed by atoms with Crippen LogP contribution in [0, 0.1) is 6.92 Å². The highest BCUT2D eigenvalue weighted by atomic mass is 79.9. The fourth-order valence-electron chi connectivity index (χ4n) is 2.49. The predicted molar refractivity (Wildman–Crippen MR) is 105 cm³/mol. The van der Waals surface area contributed by atoms with Crippen LogP contribution in [-0.2, 0) is 10.2 Å². The monoisotopic (exact) mass is 471 g/mol. The minimum Gasteiger partial charge on any atom is -0.361 e. The van der Waals surface area contributed by atoms with Crippen LogP contribution in [0.5, 0.6) is 0 Å². The summed E-state index contributed by atoms with van der Waals surface area (Å²) in [6.07, 6.45) is 2.00. The lowest BCUT2D eigenvalue weighted by Gasteiger charge is -2.09. The number of nitrogens with two attached hydrogens (primary N) is 1. The van der Waals surface area contributed by atoms with Gasteiger partial charge >= 0.3 is 0 Å². The lowest BCUT2D eigenvalue weighted by Crippen LogP contribution is -2.30. The summed E-state index contributed by atoms with van der Waals surface area (Å²) in [5.41, 5.74) is 4.59. The first-order valence-electron chi connectivity index (χ1n) is 8.09. The average molecular weight is 472 g/mol. The van der Waals surface area contributed by atoms with Crippen molar-refractivity contribution in [2.45, 2.75) is 13.3 Å². The molecule has 0 amide bonds. The summed E-state index contributed by atoms with van der Waals surface area (Å²) in [7, 11) is -3.76. The van der Waals surface area contributed by atoms with E-state index in [1.807, 2.05) is 18.5 Å². The number of aromatic nitrogens is 2. The summed E-state index contributed by atoms with van der Waals surface area (Å²) < 4.78 is 29.4. The van der Waals surface area contributed by atoms with Gasteiger partial charge in [-0.25, -0.2) is 14.8 Å². The molecule has 0 radical (unpaired) electrons. The molecule has 0 atom stereocenters. The van der Waals surface area contributed by atoms with Crippen LogP contribution in [0.1, 0.15) is 17.7 Å². The Bertz CT molecular complexity index is 1030. The zero-order valence-corrected chi connectivity index (χ0v) is 17.2. The standard InChI is InChI=1S/C15H18BrN7O4S/c1-9-2-3-11(6-12(9)16)19-15(20-24)13-14(22-27-21-13)18-7-10-4-5-23(8-10)28(17,25)26/h2-3,6,8,24H,4-5,7H2,1H3,(H,18,22)(H,19,20)(H2,17,25,26). The van der Waals surface area contributed by atoms with Gasteiger partial charge in [0.05, 0.1) is 5.69 Å². The largest absolute Gasteiger partial charge is 0.361 e. The van der Waals surface area contributed by atoms with Crippen LogP contribution in [0.25, 0.3) is 0 Å². The zero-order chi connectivity index (χ0) is 20.3. The van der Waals surface area contributed by atoms with Crippen LogP contribution in [0.4, 0.5) is 11.5 Å². The number of rotatable bonds is 6. The third kappa shape index (κ3) is 4.67. The van der Waals surface area contributed by atoms with Crippen LogP contribution in [-0.4, -0.2) is 47.2 Å². The van der Waals surface area contributed by atoms with Crippen molar-refractivity contribution < 1.29 is 18.3 Å². The summed E-state index contributed by atoms with van der Waals surface area (Å²) in [5.74, 6) is 0.271. The topological polar surface area (TPSA) is 159 Å². The van der Waals surface area contributed by atoms with Gasteiger partial charge in [-0.3, -0.25) is 15.0 Å². The Balaban J connectivity index is 1.77. The first kappa shape index (κ1) is 20.3. The molecule has 0 bridgehead atoms. The smallest absolute Gasteiger partial charge is 0.298 e. The van der Waals surface area contributed by atoms with E-state index in [-0.39, 0.29) is 23.9 Å². The Morgan fingerprint density at radius 3 is 2.89 bits per heavy atom. The van der Waals surface area contributed by atoms with Crippen molar-refractivity contribution in [3.8, 4) is 0 Å². The van der Waals surface area contributed by atoms with E-state index in [1.54, 1.807) is 12.1 Å². The summed E-state index contributed by atoms with van der Waals surface area (Å²) in [5, 5.41) is 25.1. The van der Waals surface area contributed by atoms with Crippen LogP contribution in [0.2, 0.25) is 0 Å². The molecule has 1 aliphatic heterocycles. The van der Waals surface area contributed by atoms with Gasteiger partial charge in [0.15, 0.2) is 11.5 Å². The number of benzene rings is 1. The lowest BCUT2D eigenvalue weighted by molar-refractivity contribution is 0.234. The molecule has 0 spiro atoms. The van der Waals surface area contributed by atoms with E-state index in [4.69, 9.17) is 9.77 Å². The molecule has 1 aromatic carbocycles. The van der Waals surface area contributed by atoms with E-state index in [1.165, 1.54) is 6.20 Å². The summed E-state index contributed by atoms with van der Waals surface area (Å²) in [6.45, 7) is 2.52. The van der Waals surface area contributed by atoms with E-state index in [2.05, 4.69) is 36.6 Å². The molecule has 150 valence electrons. The normalized spacial score (nSPS) is 14.9. The van der Waals surface area contributed by atoms with Gasteiger partial charge in [-0.1, -0.05) is 22.0 Å². The molecule has 13 heteroatoms. The maximum atomic E-state index is 11.4. The van der Waals surface area contributed by atoms with Gasteiger partial charge < -0.3 is 5.32 Å². The Hall–Kier alpha value is -2.48. The Kier molecular flexibility index (Phi) is 5.98. The van der Waals surface area contributed by atoms with Crippen LogP contribution in [0.15, 0.2) is 44.1 Å². The first-order chi connectivity index (χ1) is 13.3. The van der Waals surface area contributed by atoms with Crippen molar-refractivity contribution >= 4 is 43.5 Å². The third-order valence-electron chi connectivity index (χ3n) is 4.00. The highest BCUT2D eigenvalue weighted by Crippen LogP contribution is 2.24. The Morgan fingerprint density at radius 2 is 2.25 bits per heavy atom. The maximum Gasteiger partial charge on any atom is 0.298 e. The molecule has 0 aliphatic carbocycles. The van der Waals surface area contributed by atoms with Crippen molar-refractivity contribution in [1.82, 2.24) is 20.1 Å². The second kappa shape index (κ2) is 8.26. The molecular weight excluding hydrogens is 454 g/mol. The van der Waals surface area contributed by atoms with Gasteiger partial charge in [-0.15, -0.1) is 0 Å². The average Bonchev–Trinajstić information content (AvgIpc) is 3.29. The fourth-order valence-corrected chi connectivity index (χ4v) is 3.50. The van der Waals surface area contributed by atoms with E-state index < -0.39 is 10.2 Å². The number of hydroxylamine groups is 1. The molecule has 0 fully saturated rings. The molecule has 0 saturated carbocycles. The maximum absolute atomic E-state index is 11.4. The molecule has 1 aromatic heterocycles. The van der Waals surface area contributed by atoms with Crippen molar-refractivity contribution in [1.29, 1.82) is 0 Å². The number of nitrogens with zero attached hydrogens (tertiary/aromatic N) is 4. The lowest BCUT2D eigenvalue weighted by atomic mass is 10.2. The number of nitrogens with one attached hydrogen (secondary N) is 2. The molecule has 2 heterocycles. The molecular formula is C15H18BrN7O4S. The molecule has 0 saturated heterocycles. The second-order valence-corrected chi connectivity index (χ2v) is 8.37. The van der Waals surface area contributed by atoms with Crippen molar-refractivity contribution in [2.75, 3.05) is 18.4 Å². The second-order valence-electron chi connectivity index (χ2n) is 6.01. The minimum absolute atomic E-state index is 0.0334.